The normalized spacial score (nSPS) is 12.6. The third-order valence-corrected chi connectivity index (χ3v) is 3.97. The van der Waals surface area contributed by atoms with Gasteiger partial charge in [0, 0.05) is 12.0 Å². The molecule has 0 radical (unpaired) electrons. The fourth-order valence-corrected chi connectivity index (χ4v) is 2.21. The third-order valence-electron chi connectivity index (χ3n) is 3.97. The van der Waals surface area contributed by atoms with E-state index in [0.717, 1.165) is 38.8 Å². The van der Waals surface area contributed by atoms with Crippen LogP contribution in [0.5, 0.6) is 0 Å². The summed E-state index contributed by atoms with van der Waals surface area (Å²) < 4.78 is 0. The first-order chi connectivity index (χ1) is 9.99. The maximum atomic E-state index is 8.73. The van der Waals surface area contributed by atoms with Crippen molar-refractivity contribution in [1.82, 2.24) is 5.32 Å². The zero-order valence-corrected chi connectivity index (χ0v) is 13.5. The van der Waals surface area contributed by atoms with Crippen LogP contribution in [0.2, 0.25) is 0 Å². The number of amidine groups is 1. The van der Waals surface area contributed by atoms with Gasteiger partial charge < -0.3 is 16.3 Å². The molecule has 118 valence electrons. The van der Waals surface area contributed by atoms with Crippen LogP contribution in [0.25, 0.3) is 0 Å². The minimum absolute atomic E-state index is 0.231. The molecule has 0 fully saturated rings. The summed E-state index contributed by atoms with van der Waals surface area (Å²) in [6.45, 7) is 8.08. The molecule has 0 aliphatic carbocycles. The molecule has 0 aliphatic rings. The average molecular weight is 291 g/mol. The fourth-order valence-electron chi connectivity index (χ4n) is 2.21. The van der Waals surface area contributed by atoms with Gasteiger partial charge in [-0.05, 0) is 36.9 Å². The van der Waals surface area contributed by atoms with Crippen LogP contribution in [0.4, 0.5) is 0 Å². The maximum absolute atomic E-state index is 8.73. The van der Waals surface area contributed by atoms with E-state index in [2.05, 4.69) is 41.7 Å². The van der Waals surface area contributed by atoms with Crippen molar-refractivity contribution in [2.24, 2.45) is 16.3 Å². The smallest absolute Gasteiger partial charge is 0.144 e. The number of nitrogens with one attached hydrogen (secondary N) is 1. The van der Waals surface area contributed by atoms with Crippen molar-refractivity contribution in [1.29, 1.82) is 0 Å². The van der Waals surface area contributed by atoms with Crippen molar-refractivity contribution in [3.05, 3.63) is 35.4 Å². The number of hydrogen-bond acceptors (Lipinski definition) is 3. The number of hydrogen-bond donors (Lipinski definition) is 3. The molecule has 0 aromatic heterocycles. The number of aryl methyl sites for hydroxylation is 1. The van der Waals surface area contributed by atoms with Gasteiger partial charge in [-0.2, -0.15) is 0 Å². The lowest BCUT2D eigenvalue weighted by molar-refractivity contribution is 0.304. The van der Waals surface area contributed by atoms with Crippen molar-refractivity contribution in [3.63, 3.8) is 0 Å². The van der Waals surface area contributed by atoms with E-state index in [-0.39, 0.29) is 5.41 Å². The third kappa shape index (κ3) is 6.17. The molecule has 0 saturated heterocycles. The second kappa shape index (κ2) is 8.67. The summed E-state index contributed by atoms with van der Waals surface area (Å²) >= 11 is 0. The standard InChI is InChI=1S/C17H29N3O/c1-4-14-7-9-15(10-8-14)13-19-12-6-5-11-17(2,3)16(18)20-21/h7-10,19,21H,4-6,11-13H2,1-3H3,(H2,18,20). The largest absolute Gasteiger partial charge is 0.409 e. The van der Waals surface area contributed by atoms with Crippen molar-refractivity contribution in [2.75, 3.05) is 6.54 Å². The Morgan fingerprint density at radius 2 is 1.81 bits per heavy atom. The second-order valence-electron chi connectivity index (χ2n) is 6.17. The van der Waals surface area contributed by atoms with E-state index in [9.17, 15) is 0 Å². The van der Waals surface area contributed by atoms with Gasteiger partial charge in [-0.15, -0.1) is 0 Å². The van der Waals surface area contributed by atoms with Gasteiger partial charge in [-0.1, -0.05) is 56.6 Å². The lowest BCUT2D eigenvalue weighted by Crippen LogP contribution is -2.32. The number of benzene rings is 1. The Morgan fingerprint density at radius 1 is 1.19 bits per heavy atom. The molecule has 0 unspecified atom stereocenters. The molecule has 1 aromatic carbocycles. The zero-order valence-electron chi connectivity index (χ0n) is 13.5. The van der Waals surface area contributed by atoms with Crippen LogP contribution in [0.1, 0.15) is 51.2 Å². The van der Waals surface area contributed by atoms with Crippen LogP contribution >= 0.6 is 0 Å². The van der Waals surface area contributed by atoms with Gasteiger partial charge in [0.25, 0.3) is 0 Å². The molecular formula is C17H29N3O. The zero-order chi connectivity index (χ0) is 15.7. The van der Waals surface area contributed by atoms with Crippen LogP contribution in [-0.4, -0.2) is 17.6 Å². The van der Waals surface area contributed by atoms with Crippen molar-refractivity contribution >= 4 is 5.84 Å². The number of rotatable bonds is 9. The molecule has 1 rings (SSSR count). The van der Waals surface area contributed by atoms with Crippen LogP contribution < -0.4 is 11.1 Å². The van der Waals surface area contributed by atoms with Crippen molar-refractivity contribution in [3.8, 4) is 0 Å². The van der Waals surface area contributed by atoms with E-state index in [1.807, 2.05) is 13.8 Å². The van der Waals surface area contributed by atoms with Gasteiger partial charge in [0.05, 0.1) is 0 Å². The van der Waals surface area contributed by atoms with Crippen molar-refractivity contribution in [2.45, 2.75) is 53.0 Å². The maximum Gasteiger partial charge on any atom is 0.144 e. The molecule has 0 spiro atoms. The fraction of sp³-hybridized carbons (Fsp3) is 0.588. The summed E-state index contributed by atoms with van der Waals surface area (Å²) in [7, 11) is 0. The van der Waals surface area contributed by atoms with E-state index >= 15 is 0 Å². The van der Waals surface area contributed by atoms with Gasteiger partial charge in [-0.25, -0.2) is 0 Å². The number of unbranched alkanes of at least 4 members (excludes halogenated alkanes) is 1. The molecule has 0 heterocycles. The highest BCUT2D eigenvalue weighted by Gasteiger charge is 2.22. The first-order valence-corrected chi connectivity index (χ1v) is 7.76. The van der Waals surface area contributed by atoms with E-state index < -0.39 is 0 Å². The molecule has 0 atom stereocenters. The summed E-state index contributed by atoms with van der Waals surface area (Å²) in [6, 6.07) is 8.76. The highest BCUT2D eigenvalue weighted by atomic mass is 16.4. The Labute approximate surface area is 128 Å². The number of nitrogens with two attached hydrogens (primary N) is 1. The van der Waals surface area contributed by atoms with E-state index in [4.69, 9.17) is 10.9 Å². The van der Waals surface area contributed by atoms with Crippen LogP contribution in [-0.2, 0) is 13.0 Å². The Kier molecular flexibility index (Phi) is 7.23. The molecule has 0 amide bonds. The topological polar surface area (TPSA) is 70.6 Å². The number of nitrogens with zero attached hydrogens (tertiary/aromatic N) is 1. The van der Waals surface area contributed by atoms with E-state index in [0.29, 0.717) is 5.84 Å². The summed E-state index contributed by atoms with van der Waals surface area (Å²) in [5.41, 5.74) is 8.15. The molecule has 4 N–H and O–H groups in total. The lowest BCUT2D eigenvalue weighted by Gasteiger charge is -2.22. The van der Waals surface area contributed by atoms with Gasteiger partial charge in [0.15, 0.2) is 0 Å². The average Bonchev–Trinajstić information content (AvgIpc) is 2.50. The van der Waals surface area contributed by atoms with Gasteiger partial charge in [-0.3, -0.25) is 0 Å². The Balaban J connectivity index is 2.17. The molecule has 0 bridgehead atoms. The van der Waals surface area contributed by atoms with Gasteiger partial charge >= 0.3 is 0 Å². The molecule has 0 saturated carbocycles. The summed E-state index contributed by atoms with van der Waals surface area (Å²) in [5.74, 6) is 0.312. The van der Waals surface area contributed by atoms with Crippen LogP contribution in [0, 0.1) is 5.41 Å². The van der Waals surface area contributed by atoms with Crippen LogP contribution in [0.3, 0.4) is 0 Å². The molecule has 0 aliphatic heterocycles. The first kappa shape index (κ1) is 17.5. The minimum atomic E-state index is -0.231. The van der Waals surface area contributed by atoms with Gasteiger partial charge in [0.2, 0.25) is 0 Å². The monoisotopic (exact) mass is 291 g/mol. The van der Waals surface area contributed by atoms with Gasteiger partial charge in [0.1, 0.15) is 5.84 Å². The highest BCUT2D eigenvalue weighted by Crippen LogP contribution is 2.23. The summed E-state index contributed by atoms with van der Waals surface area (Å²) in [5, 5.41) is 15.3. The predicted octanol–water partition coefficient (Wildman–Crippen LogP) is 3.28. The van der Waals surface area contributed by atoms with E-state index in [1.165, 1.54) is 11.1 Å². The second-order valence-corrected chi connectivity index (χ2v) is 6.17. The molecule has 4 heteroatoms. The molecule has 1 aromatic rings. The highest BCUT2D eigenvalue weighted by molar-refractivity contribution is 5.85. The van der Waals surface area contributed by atoms with Crippen molar-refractivity contribution < 1.29 is 5.21 Å². The predicted molar refractivity (Wildman–Crippen MR) is 88.6 cm³/mol. The SMILES string of the molecule is CCc1ccc(CNCCCCC(C)(C)/C(N)=N/O)cc1. The minimum Gasteiger partial charge on any atom is -0.409 e. The Hall–Kier alpha value is -1.55. The summed E-state index contributed by atoms with van der Waals surface area (Å²) in [4.78, 5) is 0. The van der Waals surface area contributed by atoms with E-state index in [1.54, 1.807) is 0 Å². The number of oxime groups is 1. The summed E-state index contributed by atoms with van der Waals surface area (Å²) in [6.07, 6.45) is 4.17. The molecular weight excluding hydrogens is 262 g/mol. The Morgan fingerprint density at radius 3 is 2.38 bits per heavy atom. The Bertz CT molecular complexity index is 438. The quantitative estimate of drug-likeness (QED) is 0.215. The molecule has 21 heavy (non-hydrogen) atoms. The molecule has 4 nitrogen and oxygen atoms in total. The van der Waals surface area contributed by atoms with Crippen LogP contribution in [0.15, 0.2) is 29.4 Å². The lowest BCUT2D eigenvalue weighted by atomic mass is 9.86. The first-order valence-electron chi connectivity index (χ1n) is 7.76.